The second-order valence-corrected chi connectivity index (χ2v) is 4.94. The predicted octanol–water partition coefficient (Wildman–Crippen LogP) is 1.27. The van der Waals surface area contributed by atoms with E-state index in [9.17, 15) is 0 Å². The Labute approximate surface area is 109 Å². The molecular formula is C14H23N3O. The highest BCUT2D eigenvalue weighted by molar-refractivity contribution is 5.03. The van der Waals surface area contributed by atoms with Crippen LogP contribution >= 0.6 is 0 Å². The number of nitrogens with two attached hydrogens (primary N) is 1. The van der Waals surface area contributed by atoms with Crippen LogP contribution in [-0.4, -0.2) is 42.2 Å². The van der Waals surface area contributed by atoms with Gasteiger partial charge in [0, 0.05) is 37.9 Å². The third-order valence-electron chi connectivity index (χ3n) is 3.58. The van der Waals surface area contributed by atoms with Crippen LogP contribution in [-0.2, 0) is 11.3 Å². The van der Waals surface area contributed by atoms with Crippen LogP contribution in [0.4, 0.5) is 0 Å². The third-order valence-corrected chi connectivity index (χ3v) is 3.58. The summed E-state index contributed by atoms with van der Waals surface area (Å²) in [4.78, 5) is 6.76. The summed E-state index contributed by atoms with van der Waals surface area (Å²) in [6, 6.07) is 6.33. The first-order valence-corrected chi connectivity index (χ1v) is 6.75. The molecule has 0 amide bonds. The van der Waals surface area contributed by atoms with Crippen molar-refractivity contribution in [1.82, 2.24) is 9.88 Å². The van der Waals surface area contributed by atoms with Crippen molar-refractivity contribution in [2.75, 3.05) is 26.3 Å². The molecule has 2 rings (SSSR count). The van der Waals surface area contributed by atoms with E-state index in [0.29, 0.717) is 5.92 Å². The van der Waals surface area contributed by atoms with E-state index < -0.39 is 0 Å². The Bertz CT molecular complexity index is 344. The fraction of sp³-hybridized carbons (Fsp3) is 0.643. The smallest absolute Gasteiger partial charge is 0.0543 e. The van der Waals surface area contributed by atoms with Gasteiger partial charge in [-0.15, -0.1) is 0 Å². The maximum Gasteiger partial charge on any atom is 0.0543 e. The molecule has 0 radical (unpaired) electrons. The van der Waals surface area contributed by atoms with Crippen LogP contribution in [0.3, 0.4) is 0 Å². The van der Waals surface area contributed by atoms with Gasteiger partial charge in [0.25, 0.3) is 0 Å². The van der Waals surface area contributed by atoms with Gasteiger partial charge in [0.15, 0.2) is 0 Å². The average Bonchev–Trinajstić information content (AvgIpc) is 2.41. The molecule has 1 saturated heterocycles. The van der Waals surface area contributed by atoms with Crippen molar-refractivity contribution < 1.29 is 4.74 Å². The number of nitrogens with zero attached hydrogens (tertiary/aromatic N) is 2. The van der Waals surface area contributed by atoms with Crippen molar-refractivity contribution in [1.29, 1.82) is 0 Å². The van der Waals surface area contributed by atoms with E-state index in [-0.39, 0.29) is 6.04 Å². The number of hydrogen-bond acceptors (Lipinski definition) is 4. The standard InChI is InChI=1S/C14H23N3O/c1-2-17(10-13-5-3-4-7-16-13)9-12-11-18-8-6-14(12)15/h3-5,7,12,14H,2,6,8-11,15H2,1H3. The third kappa shape index (κ3) is 3.77. The van der Waals surface area contributed by atoms with E-state index in [1.165, 1.54) is 0 Å². The molecule has 18 heavy (non-hydrogen) atoms. The summed E-state index contributed by atoms with van der Waals surface area (Å²) < 4.78 is 5.53. The summed E-state index contributed by atoms with van der Waals surface area (Å²) in [5.74, 6) is 0.447. The van der Waals surface area contributed by atoms with E-state index >= 15 is 0 Å². The Morgan fingerprint density at radius 3 is 3.06 bits per heavy atom. The lowest BCUT2D eigenvalue weighted by Crippen LogP contribution is -2.45. The maximum absolute atomic E-state index is 6.15. The summed E-state index contributed by atoms with van der Waals surface area (Å²) in [6.45, 7) is 6.68. The van der Waals surface area contributed by atoms with E-state index in [4.69, 9.17) is 10.5 Å². The maximum atomic E-state index is 6.15. The Balaban J connectivity index is 1.88. The zero-order valence-corrected chi connectivity index (χ0v) is 11.1. The van der Waals surface area contributed by atoms with Gasteiger partial charge in [-0.3, -0.25) is 9.88 Å². The van der Waals surface area contributed by atoms with Crippen LogP contribution < -0.4 is 5.73 Å². The van der Waals surface area contributed by atoms with Crippen LogP contribution in [0.15, 0.2) is 24.4 Å². The SMILES string of the molecule is CCN(Cc1ccccn1)CC1COCCC1N. The minimum absolute atomic E-state index is 0.275. The molecule has 1 aromatic rings. The molecule has 2 atom stereocenters. The first-order chi connectivity index (χ1) is 8.79. The minimum atomic E-state index is 0.275. The van der Waals surface area contributed by atoms with Crippen LogP contribution in [0.1, 0.15) is 19.0 Å². The molecule has 4 nitrogen and oxygen atoms in total. The number of rotatable bonds is 5. The number of pyridine rings is 1. The van der Waals surface area contributed by atoms with Gasteiger partial charge in [0.2, 0.25) is 0 Å². The Morgan fingerprint density at radius 1 is 1.50 bits per heavy atom. The van der Waals surface area contributed by atoms with Crippen molar-refractivity contribution in [3.8, 4) is 0 Å². The summed E-state index contributed by atoms with van der Waals surface area (Å²) in [6.07, 6.45) is 2.82. The van der Waals surface area contributed by atoms with Gasteiger partial charge in [0.1, 0.15) is 0 Å². The predicted molar refractivity (Wildman–Crippen MR) is 72.1 cm³/mol. The largest absolute Gasteiger partial charge is 0.381 e. The highest BCUT2D eigenvalue weighted by Crippen LogP contribution is 2.15. The van der Waals surface area contributed by atoms with Crippen molar-refractivity contribution in [2.24, 2.45) is 11.7 Å². The molecule has 4 heteroatoms. The molecule has 0 bridgehead atoms. The summed E-state index contributed by atoms with van der Waals surface area (Å²) in [5, 5.41) is 0. The van der Waals surface area contributed by atoms with Crippen LogP contribution in [0, 0.1) is 5.92 Å². The van der Waals surface area contributed by atoms with E-state index in [1.54, 1.807) is 0 Å². The first kappa shape index (κ1) is 13.5. The van der Waals surface area contributed by atoms with Gasteiger partial charge in [-0.2, -0.15) is 0 Å². The molecule has 1 aromatic heterocycles. The van der Waals surface area contributed by atoms with E-state index in [2.05, 4.69) is 22.9 Å². The lowest BCUT2D eigenvalue weighted by Gasteiger charge is -2.33. The summed E-state index contributed by atoms with van der Waals surface area (Å²) in [7, 11) is 0. The number of hydrogen-bond donors (Lipinski definition) is 1. The molecule has 100 valence electrons. The van der Waals surface area contributed by atoms with Gasteiger partial charge in [0.05, 0.1) is 12.3 Å². The number of ether oxygens (including phenoxy) is 1. The van der Waals surface area contributed by atoms with Gasteiger partial charge < -0.3 is 10.5 Å². The second kappa shape index (κ2) is 6.83. The fourth-order valence-corrected chi connectivity index (χ4v) is 2.36. The topological polar surface area (TPSA) is 51.4 Å². The van der Waals surface area contributed by atoms with Gasteiger partial charge >= 0.3 is 0 Å². The first-order valence-electron chi connectivity index (χ1n) is 6.75. The van der Waals surface area contributed by atoms with Gasteiger partial charge in [-0.25, -0.2) is 0 Å². The van der Waals surface area contributed by atoms with Crippen LogP contribution in [0.25, 0.3) is 0 Å². The highest BCUT2D eigenvalue weighted by atomic mass is 16.5. The quantitative estimate of drug-likeness (QED) is 0.854. The van der Waals surface area contributed by atoms with E-state index in [0.717, 1.165) is 45.0 Å². The van der Waals surface area contributed by atoms with Gasteiger partial charge in [-0.05, 0) is 25.1 Å². The zero-order chi connectivity index (χ0) is 12.8. The lowest BCUT2D eigenvalue weighted by atomic mass is 9.96. The molecule has 0 aliphatic carbocycles. The van der Waals surface area contributed by atoms with Crippen molar-refractivity contribution in [3.63, 3.8) is 0 Å². The molecule has 0 aromatic carbocycles. The highest BCUT2D eigenvalue weighted by Gasteiger charge is 2.24. The molecular weight excluding hydrogens is 226 g/mol. The molecule has 2 N–H and O–H groups in total. The number of aromatic nitrogens is 1. The summed E-state index contributed by atoms with van der Waals surface area (Å²) in [5.41, 5.74) is 7.27. The molecule has 1 aliphatic rings. The molecule has 0 saturated carbocycles. The second-order valence-electron chi connectivity index (χ2n) is 4.94. The van der Waals surface area contributed by atoms with Crippen molar-refractivity contribution in [3.05, 3.63) is 30.1 Å². The molecule has 0 spiro atoms. The fourth-order valence-electron chi connectivity index (χ4n) is 2.36. The monoisotopic (exact) mass is 249 g/mol. The Morgan fingerprint density at radius 2 is 2.39 bits per heavy atom. The van der Waals surface area contributed by atoms with E-state index in [1.807, 2.05) is 18.3 Å². The molecule has 2 unspecified atom stereocenters. The lowest BCUT2D eigenvalue weighted by molar-refractivity contribution is 0.0255. The molecule has 2 heterocycles. The van der Waals surface area contributed by atoms with Crippen molar-refractivity contribution in [2.45, 2.75) is 25.9 Å². The minimum Gasteiger partial charge on any atom is -0.381 e. The van der Waals surface area contributed by atoms with Crippen LogP contribution in [0.5, 0.6) is 0 Å². The average molecular weight is 249 g/mol. The zero-order valence-electron chi connectivity index (χ0n) is 11.1. The Kier molecular flexibility index (Phi) is 5.11. The van der Waals surface area contributed by atoms with Gasteiger partial charge in [-0.1, -0.05) is 13.0 Å². The summed E-state index contributed by atoms with van der Waals surface area (Å²) >= 11 is 0. The molecule has 1 aliphatic heterocycles. The normalized spacial score (nSPS) is 24.4. The Hall–Kier alpha value is -0.970. The molecule has 1 fully saturated rings. The van der Waals surface area contributed by atoms with Crippen LogP contribution in [0.2, 0.25) is 0 Å². The van der Waals surface area contributed by atoms with Crippen molar-refractivity contribution >= 4 is 0 Å².